The quantitative estimate of drug-likeness (QED) is 0.622. The minimum atomic E-state index is 1.32. The van der Waals surface area contributed by atoms with Crippen LogP contribution in [0.2, 0.25) is 0 Å². The Hall–Kier alpha value is -0.625. The zero-order chi connectivity index (χ0) is 14.2. The molecule has 0 aromatic carbocycles. The molecule has 0 saturated heterocycles. The third-order valence-electron chi connectivity index (χ3n) is 3.15. The van der Waals surface area contributed by atoms with E-state index in [1.54, 1.807) is 0 Å². The molecule has 0 saturated carbocycles. The number of rotatable bonds is 9. The molecular formula is C17H32BN. The molecule has 0 amide bonds. The van der Waals surface area contributed by atoms with Gasteiger partial charge in [-0.3, -0.25) is 0 Å². The molecule has 0 spiro atoms. The molecule has 1 aromatic heterocycles. The summed E-state index contributed by atoms with van der Waals surface area (Å²) < 4.78 is 0. The molecule has 1 rings (SSSR count). The van der Waals surface area contributed by atoms with Crippen LogP contribution in [0.3, 0.4) is 0 Å². The summed E-state index contributed by atoms with van der Waals surface area (Å²) in [4.78, 5) is 2.64. The normalized spacial score (nSPS) is 9.89. The van der Waals surface area contributed by atoms with Crippen LogP contribution in [0.4, 0.5) is 0 Å². The van der Waals surface area contributed by atoms with E-state index < -0.39 is 0 Å². The number of nitrogens with zero attached hydrogens (tertiary/aromatic N) is 1. The van der Waals surface area contributed by atoms with E-state index in [9.17, 15) is 0 Å². The van der Waals surface area contributed by atoms with E-state index in [1.165, 1.54) is 58.2 Å². The van der Waals surface area contributed by atoms with E-state index >= 15 is 0 Å². The molecule has 1 nitrogen and oxygen atoms in total. The van der Waals surface area contributed by atoms with Crippen molar-refractivity contribution in [2.24, 2.45) is 0 Å². The Morgan fingerprint density at radius 3 is 1.32 bits per heavy atom. The van der Waals surface area contributed by atoms with Crippen molar-refractivity contribution >= 4 is 6.91 Å². The van der Waals surface area contributed by atoms with Gasteiger partial charge in [0.05, 0.1) is 0 Å². The molecule has 0 radical (unpaired) electrons. The van der Waals surface area contributed by atoms with Crippen LogP contribution < -0.4 is 0 Å². The summed E-state index contributed by atoms with van der Waals surface area (Å²) in [5.74, 6) is 4.00. The van der Waals surface area contributed by atoms with E-state index in [4.69, 9.17) is 0 Å². The molecule has 0 aliphatic carbocycles. The van der Waals surface area contributed by atoms with Gasteiger partial charge in [-0.25, -0.2) is 0 Å². The van der Waals surface area contributed by atoms with Gasteiger partial charge in [0.1, 0.15) is 0 Å². The number of hydrogen-bond acceptors (Lipinski definition) is 1. The molecule has 1 heterocycles. The SMILES string of the molecule is CCCCN(CCCC)CCCC.b1ccccc1. The Kier molecular flexibility index (Phi) is 14.9. The van der Waals surface area contributed by atoms with E-state index in [0.29, 0.717) is 0 Å². The fourth-order valence-corrected chi connectivity index (χ4v) is 1.87. The Balaban J connectivity index is 0.000000443. The maximum absolute atomic E-state index is 2.64. The van der Waals surface area contributed by atoms with E-state index in [0.717, 1.165) is 0 Å². The van der Waals surface area contributed by atoms with Gasteiger partial charge in [0.25, 0.3) is 0 Å². The van der Waals surface area contributed by atoms with Crippen LogP contribution in [-0.2, 0) is 0 Å². The molecule has 0 N–H and O–H groups in total. The van der Waals surface area contributed by atoms with Crippen molar-refractivity contribution in [3.8, 4) is 0 Å². The van der Waals surface area contributed by atoms with Gasteiger partial charge in [-0.1, -0.05) is 40.0 Å². The molecule has 0 bridgehead atoms. The monoisotopic (exact) mass is 261 g/mol. The van der Waals surface area contributed by atoms with E-state index in [-0.39, 0.29) is 0 Å². The van der Waals surface area contributed by atoms with Gasteiger partial charge in [-0.15, -0.1) is 0 Å². The summed E-state index contributed by atoms with van der Waals surface area (Å²) in [6.07, 6.45) is 8.09. The molecule has 0 unspecified atom stereocenters. The predicted molar refractivity (Wildman–Crippen MR) is 89.0 cm³/mol. The topological polar surface area (TPSA) is 3.24 Å². The van der Waals surface area contributed by atoms with Crippen LogP contribution in [-0.4, -0.2) is 31.4 Å². The summed E-state index contributed by atoms with van der Waals surface area (Å²) in [7, 11) is 0. The van der Waals surface area contributed by atoms with Crippen LogP contribution in [0.1, 0.15) is 59.3 Å². The molecule has 19 heavy (non-hydrogen) atoms. The third-order valence-corrected chi connectivity index (χ3v) is 3.15. The van der Waals surface area contributed by atoms with Gasteiger partial charge in [0, 0.05) is 0 Å². The van der Waals surface area contributed by atoms with Crippen LogP contribution in [0, 0.1) is 0 Å². The Bertz CT molecular complexity index is 205. The standard InChI is InChI=1S/C12H27N.C5H5B/c1-4-7-10-13(11-8-5-2)12-9-6-3;1-2-4-6-5-3-1/h4-12H2,1-3H3;1-5H. The van der Waals surface area contributed by atoms with Gasteiger partial charge in [-0.05, 0) is 38.9 Å². The number of unbranched alkanes of at least 4 members (excludes halogenated alkanes) is 3. The van der Waals surface area contributed by atoms with Crippen molar-refractivity contribution in [2.75, 3.05) is 19.6 Å². The zero-order valence-corrected chi connectivity index (χ0v) is 13.3. The van der Waals surface area contributed by atoms with Crippen molar-refractivity contribution in [3.05, 3.63) is 30.1 Å². The summed E-state index contributed by atoms with van der Waals surface area (Å²) in [6.45, 7) is 12.8. The second-order valence-electron chi connectivity index (χ2n) is 5.06. The van der Waals surface area contributed by atoms with Crippen LogP contribution in [0.5, 0.6) is 0 Å². The molecule has 1 aromatic rings. The summed E-state index contributed by atoms with van der Waals surface area (Å²) in [6, 6.07) is 6.00. The molecule has 0 aliphatic rings. The first-order chi connectivity index (χ1) is 9.35. The fourth-order valence-electron chi connectivity index (χ4n) is 1.87. The summed E-state index contributed by atoms with van der Waals surface area (Å²) in [5.41, 5.74) is 0. The number of hydrogen-bond donors (Lipinski definition) is 0. The van der Waals surface area contributed by atoms with Gasteiger partial charge in [0.15, 0.2) is 0 Å². The molecule has 2 heteroatoms. The van der Waals surface area contributed by atoms with E-state index in [2.05, 4.69) is 25.7 Å². The average molecular weight is 261 g/mol. The van der Waals surface area contributed by atoms with Crippen molar-refractivity contribution in [1.82, 2.24) is 4.90 Å². The zero-order valence-electron chi connectivity index (χ0n) is 13.3. The predicted octanol–water partition coefficient (Wildman–Crippen LogP) is 4.71. The molecule has 0 atom stereocenters. The minimum absolute atomic E-state index is 1.32. The Morgan fingerprint density at radius 1 is 0.684 bits per heavy atom. The molecular weight excluding hydrogens is 229 g/mol. The van der Waals surface area contributed by atoms with Crippen molar-refractivity contribution in [2.45, 2.75) is 59.3 Å². The van der Waals surface area contributed by atoms with E-state index in [1.807, 2.05) is 37.0 Å². The van der Waals surface area contributed by atoms with Gasteiger partial charge >= 0.3 is 37.0 Å². The Labute approximate surface area is 121 Å². The van der Waals surface area contributed by atoms with Crippen LogP contribution >= 0.6 is 0 Å². The second-order valence-corrected chi connectivity index (χ2v) is 5.06. The van der Waals surface area contributed by atoms with Gasteiger partial charge in [0.2, 0.25) is 0 Å². The Morgan fingerprint density at radius 2 is 1.11 bits per heavy atom. The van der Waals surface area contributed by atoms with Crippen molar-refractivity contribution in [3.63, 3.8) is 0 Å². The maximum atomic E-state index is 2.64. The van der Waals surface area contributed by atoms with Crippen LogP contribution in [0.25, 0.3) is 0 Å². The average Bonchev–Trinajstić information content (AvgIpc) is 2.49. The fraction of sp³-hybridized carbons (Fsp3) is 0.706. The first-order valence-corrected chi connectivity index (χ1v) is 8.07. The molecule has 0 fully saturated rings. The first kappa shape index (κ1) is 18.4. The first-order valence-electron chi connectivity index (χ1n) is 8.07. The molecule has 108 valence electrons. The summed E-state index contributed by atoms with van der Waals surface area (Å²) >= 11 is 0. The van der Waals surface area contributed by atoms with Crippen molar-refractivity contribution in [1.29, 1.82) is 0 Å². The third kappa shape index (κ3) is 13.6. The van der Waals surface area contributed by atoms with Gasteiger partial charge in [-0.2, -0.15) is 0 Å². The van der Waals surface area contributed by atoms with Crippen molar-refractivity contribution < 1.29 is 0 Å². The van der Waals surface area contributed by atoms with Gasteiger partial charge < -0.3 is 4.90 Å². The second kappa shape index (κ2) is 15.4. The summed E-state index contributed by atoms with van der Waals surface area (Å²) in [5, 5.41) is 0. The van der Waals surface area contributed by atoms with Crippen LogP contribution in [0.15, 0.2) is 30.1 Å². The molecule has 0 aliphatic heterocycles.